The summed E-state index contributed by atoms with van der Waals surface area (Å²) in [5.41, 5.74) is 3.65. The number of nitrogens with one attached hydrogen (secondary N) is 1. The molecule has 0 aliphatic carbocycles. The number of aromatic nitrogens is 3. The maximum atomic E-state index is 12.3. The molecule has 0 radical (unpaired) electrons. The third-order valence-corrected chi connectivity index (χ3v) is 5.78. The van der Waals surface area contributed by atoms with E-state index in [0.29, 0.717) is 5.75 Å². The van der Waals surface area contributed by atoms with Gasteiger partial charge in [-0.25, -0.2) is 0 Å². The third kappa shape index (κ3) is 4.42. The van der Waals surface area contributed by atoms with Gasteiger partial charge in [-0.15, -0.1) is 10.2 Å². The highest BCUT2D eigenvalue weighted by molar-refractivity contribution is 7.99. The van der Waals surface area contributed by atoms with Crippen LogP contribution in [0.2, 0.25) is 0 Å². The quantitative estimate of drug-likeness (QED) is 0.830. The Labute approximate surface area is 153 Å². The van der Waals surface area contributed by atoms with Crippen LogP contribution in [0.25, 0.3) is 0 Å². The topological polar surface area (TPSA) is 59.8 Å². The number of amides is 1. The van der Waals surface area contributed by atoms with Crippen LogP contribution in [0.3, 0.4) is 0 Å². The number of aryl methyl sites for hydroxylation is 3. The summed E-state index contributed by atoms with van der Waals surface area (Å²) in [6.07, 6.45) is 4.57. The zero-order valence-electron chi connectivity index (χ0n) is 15.2. The average Bonchev–Trinajstić information content (AvgIpc) is 2.82. The number of carbonyl (C=O) groups is 1. The Morgan fingerprint density at radius 1 is 1.24 bits per heavy atom. The van der Waals surface area contributed by atoms with Crippen LogP contribution in [0.4, 0.5) is 0 Å². The summed E-state index contributed by atoms with van der Waals surface area (Å²) < 4.78 is 2.18. The van der Waals surface area contributed by atoms with Crippen LogP contribution < -0.4 is 5.32 Å². The van der Waals surface area contributed by atoms with E-state index in [9.17, 15) is 4.79 Å². The Morgan fingerprint density at radius 2 is 2.08 bits per heavy atom. The molecule has 1 aliphatic rings. The number of carbonyl (C=O) groups excluding carboxylic acids is 1. The fourth-order valence-electron chi connectivity index (χ4n) is 3.10. The lowest BCUT2D eigenvalue weighted by Gasteiger charge is -2.15. The highest BCUT2D eigenvalue weighted by atomic mass is 32.2. The first-order valence-electron chi connectivity index (χ1n) is 8.96. The van der Waals surface area contributed by atoms with Gasteiger partial charge >= 0.3 is 0 Å². The molecule has 1 atom stereocenters. The second kappa shape index (κ2) is 8.04. The lowest BCUT2D eigenvalue weighted by Crippen LogP contribution is -2.28. The molecule has 0 saturated carbocycles. The fourth-order valence-corrected chi connectivity index (χ4v) is 3.89. The van der Waals surface area contributed by atoms with Crippen LogP contribution >= 0.6 is 11.8 Å². The van der Waals surface area contributed by atoms with Crippen molar-refractivity contribution in [3.05, 3.63) is 40.7 Å². The molecular formula is C19H26N4OS. The highest BCUT2D eigenvalue weighted by Gasteiger charge is 2.17. The molecule has 0 saturated heterocycles. The van der Waals surface area contributed by atoms with Crippen LogP contribution in [0.5, 0.6) is 0 Å². The summed E-state index contributed by atoms with van der Waals surface area (Å²) in [5.74, 6) is 1.46. The Bertz CT molecular complexity index is 756. The molecule has 134 valence electrons. The molecule has 1 unspecified atom stereocenters. The molecule has 1 aliphatic heterocycles. The first-order valence-corrected chi connectivity index (χ1v) is 9.94. The summed E-state index contributed by atoms with van der Waals surface area (Å²) in [4.78, 5) is 12.3. The lowest BCUT2D eigenvalue weighted by atomic mass is 10.0. The van der Waals surface area contributed by atoms with E-state index in [0.717, 1.165) is 35.9 Å². The van der Waals surface area contributed by atoms with E-state index in [1.54, 1.807) is 0 Å². The zero-order chi connectivity index (χ0) is 17.8. The highest BCUT2D eigenvalue weighted by Crippen LogP contribution is 2.22. The van der Waals surface area contributed by atoms with Crippen LogP contribution in [0.1, 0.15) is 54.7 Å². The molecule has 2 heterocycles. The van der Waals surface area contributed by atoms with Gasteiger partial charge in [0.25, 0.3) is 0 Å². The summed E-state index contributed by atoms with van der Waals surface area (Å²) in [6, 6.07) is 6.33. The number of rotatable bonds is 5. The Morgan fingerprint density at radius 3 is 2.88 bits per heavy atom. The molecule has 1 aromatic heterocycles. The van der Waals surface area contributed by atoms with Gasteiger partial charge in [0.2, 0.25) is 5.91 Å². The van der Waals surface area contributed by atoms with E-state index in [4.69, 9.17) is 0 Å². The predicted molar refractivity (Wildman–Crippen MR) is 101 cm³/mol. The Kier molecular flexibility index (Phi) is 5.78. The minimum Gasteiger partial charge on any atom is -0.349 e. The van der Waals surface area contributed by atoms with Gasteiger partial charge in [0.15, 0.2) is 5.16 Å². The minimum atomic E-state index is 0.00270. The number of hydrogen-bond donors (Lipinski definition) is 1. The second-order valence-corrected chi connectivity index (χ2v) is 7.73. The number of nitrogens with zero attached hydrogens (tertiary/aromatic N) is 3. The van der Waals surface area contributed by atoms with Crippen molar-refractivity contribution in [3.8, 4) is 0 Å². The largest absolute Gasteiger partial charge is 0.349 e. The summed E-state index contributed by atoms with van der Waals surface area (Å²) >= 11 is 1.48. The van der Waals surface area contributed by atoms with Gasteiger partial charge in [0.05, 0.1) is 11.8 Å². The van der Waals surface area contributed by atoms with Gasteiger partial charge in [-0.05, 0) is 50.3 Å². The van der Waals surface area contributed by atoms with Gasteiger partial charge in [0, 0.05) is 13.0 Å². The monoisotopic (exact) mass is 358 g/mol. The van der Waals surface area contributed by atoms with Gasteiger partial charge in [-0.3, -0.25) is 4.79 Å². The van der Waals surface area contributed by atoms with Gasteiger partial charge < -0.3 is 9.88 Å². The number of fused-ring (bicyclic) bond motifs is 1. The van der Waals surface area contributed by atoms with Crippen molar-refractivity contribution in [2.45, 2.75) is 64.2 Å². The molecule has 5 nitrogen and oxygen atoms in total. The fraction of sp³-hybridized carbons (Fsp3) is 0.526. The Hall–Kier alpha value is -1.82. The molecule has 1 amide bonds. The van der Waals surface area contributed by atoms with E-state index >= 15 is 0 Å². The molecule has 1 aromatic carbocycles. The lowest BCUT2D eigenvalue weighted by molar-refractivity contribution is -0.119. The average molecular weight is 359 g/mol. The number of hydrogen-bond acceptors (Lipinski definition) is 4. The summed E-state index contributed by atoms with van der Waals surface area (Å²) in [7, 11) is 0. The van der Waals surface area contributed by atoms with Crippen molar-refractivity contribution in [3.63, 3.8) is 0 Å². The first-order chi connectivity index (χ1) is 12.0. The van der Waals surface area contributed by atoms with Gasteiger partial charge in [-0.2, -0.15) is 0 Å². The van der Waals surface area contributed by atoms with E-state index in [1.807, 2.05) is 6.92 Å². The van der Waals surface area contributed by atoms with Crippen molar-refractivity contribution in [1.82, 2.24) is 20.1 Å². The van der Waals surface area contributed by atoms with Crippen molar-refractivity contribution in [2.24, 2.45) is 0 Å². The van der Waals surface area contributed by atoms with Crippen LogP contribution in [-0.2, 0) is 17.8 Å². The molecule has 2 aromatic rings. The second-order valence-electron chi connectivity index (χ2n) is 6.78. The van der Waals surface area contributed by atoms with E-state index < -0.39 is 0 Å². The Balaban J connectivity index is 1.56. The maximum Gasteiger partial charge on any atom is 0.230 e. The van der Waals surface area contributed by atoms with E-state index in [2.05, 4.69) is 52.1 Å². The minimum absolute atomic E-state index is 0.00270. The standard InChI is InChI=1S/C19H26N4OS/c1-13-8-9-16(11-14(13)2)15(3)20-18(24)12-25-19-22-21-17-7-5-4-6-10-23(17)19/h8-9,11,15H,4-7,10,12H2,1-3H3,(H,20,24). The molecule has 3 rings (SSSR count). The number of benzene rings is 1. The van der Waals surface area contributed by atoms with Crippen molar-refractivity contribution in [2.75, 3.05) is 5.75 Å². The molecule has 1 N–H and O–H groups in total. The normalized spacial score (nSPS) is 15.3. The van der Waals surface area contributed by atoms with E-state index in [1.165, 1.54) is 35.7 Å². The van der Waals surface area contributed by atoms with Crippen LogP contribution in [0, 0.1) is 13.8 Å². The smallest absolute Gasteiger partial charge is 0.230 e. The molecule has 0 spiro atoms. The molecule has 0 bridgehead atoms. The van der Waals surface area contributed by atoms with Crippen molar-refractivity contribution in [1.29, 1.82) is 0 Å². The van der Waals surface area contributed by atoms with Crippen LogP contribution in [0.15, 0.2) is 23.4 Å². The van der Waals surface area contributed by atoms with E-state index in [-0.39, 0.29) is 11.9 Å². The first kappa shape index (κ1) is 18.0. The predicted octanol–water partition coefficient (Wildman–Crippen LogP) is 3.59. The molecule has 6 heteroatoms. The summed E-state index contributed by atoms with van der Waals surface area (Å²) in [5, 5.41) is 12.5. The molecule has 0 fully saturated rings. The van der Waals surface area contributed by atoms with Gasteiger partial charge in [-0.1, -0.05) is 36.4 Å². The third-order valence-electron chi connectivity index (χ3n) is 4.82. The van der Waals surface area contributed by atoms with Crippen molar-refractivity contribution >= 4 is 17.7 Å². The summed E-state index contributed by atoms with van der Waals surface area (Å²) in [6.45, 7) is 7.18. The van der Waals surface area contributed by atoms with Crippen molar-refractivity contribution < 1.29 is 4.79 Å². The molecular weight excluding hydrogens is 332 g/mol. The molecule has 25 heavy (non-hydrogen) atoms. The number of thioether (sulfide) groups is 1. The zero-order valence-corrected chi connectivity index (χ0v) is 16.0. The maximum absolute atomic E-state index is 12.3. The SMILES string of the molecule is Cc1ccc(C(C)NC(=O)CSc2nnc3n2CCCCC3)cc1C. The van der Waals surface area contributed by atoms with Crippen LogP contribution in [-0.4, -0.2) is 26.4 Å². The van der Waals surface area contributed by atoms with Gasteiger partial charge in [0.1, 0.15) is 5.82 Å².